The van der Waals surface area contributed by atoms with Gasteiger partial charge in [-0.15, -0.1) is 0 Å². The largest absolute Gasteiger partial charge is 0.295 e. The molecule has 3 rings (SSSR count). The average Bonchev–Trinajstić information content (AvgIpc) is 3.10. The molecule has 5 nitrogen and oxygen atoms in total. The average molecular weight is 388 g/mol. The number of benzene rings is 2. The van der Waals surface area contributed by atoms with Crippen LogP contribution in [0.15, 0.2) is 71.0 Å². The lowest BCUT2D eigenvalue weighted by Gasteiger charge is -2.10. The van der Waals surface area contributed by atoms with Crippen LogP contribution in [0.5, 0.6) is 0 Å². The maximum absolute atomic E-state index is 12.2. The highest BCUT2D eigenvalue weighted by Crippen LogP contribution is 2.22. The molecular formula is C19H21N3O2S2. The van der Waals surface area contributed by atoms with Crippen molar-refractivity contribution in [3.8, 4) is 5.69 Å². The van der Waals surface area contributed by atoms with Crippen LogP contribution >= 0.6 is 11.8 Å². The molecule has 0 amide bonds. The zero-order valence-corrected chi connectivity index (χ0v) is 16.3. The maximum Gasteiger partial charge on any atom is 0.240 e. The second kappa shape index (κ2) is 8.07. The van der Waals surface area contributed by atoms with Gasteiger partial charge in [0.2, 0.25) is 10.0 Å². The Balaban J connectivity index is 1.61. The van der Waals surface area contributed by atoms with Crippen LogP contribution in [0.1, 0.15) is 11.1 Å². The fourth-order valence-corrected chi connectivity index (χ4v) is 4.48. The molecule has 0 bridgehead atoms. The molecule has 0 spiro atoms. The summed E-state index contributed by atoms with van der Waals surface area (Å²) in [7, 11) is -3.46. The van der Waals surface area contributed by atoms with Crippen molar-refractivity contribution in [3.63, 3.8) is 0 Å². The van der Waals surface area contributed by atoms with Gasteiger partial charge in [0.15, 0.2) is 5.16 Å². The Kier molecular flexibility index (Phi) is 5.80. The van der Waals surface area contributed by atoms with Gasteiger partial charge in [-0.2, -0.15) is 0 Å². The Morgan fingerprint density at radius 2 is 1.85 bits per heavy atom. The zero-order valence-electron chi connectivity index (χ0n) is 14.7. The topological polar surface area (TPSA) is 64.0 Å². The number of rotatable bonds is 7. The first-order chi connectivity index (χ1) is 12.5. The van der Waals surface area contributed by atoms with Crippen LogP contribution in [0.3, 0.4) is 0 Å². The predicted octanol–water partition coefficient (Wildman–Crippen LogP) is 3.56. The van der Waals surface area contributed by atoms with E-state index in [1.165, 1.54) is 22.9 Å². The van der Waals surface area contributed by atoms with Gasteiger partial charge < -0.3 is 0 Å². The maximum atomic E-state index is 12.2. The molecule has 0 aliphatic rings. The third kappa shape index (κ3) is 4.35. The molecular weight excluding hydrogens is 366 g/mol. The third-order valence-corrected chi connectivity index (χ3v) is 6.50. The molecule has 1 N–H and O–H groups in total. The Hall–Kier alpha value is -2.09. The molecule has 2 aromatic carbocycles. The minimum Gasteiger partial charge on any atom is -0.295 e. The Bertz CT molecular complexity index is 983. The van der Waals surface area contributed by atoms with Crippen molar-refractivity contribution in [3.05, 3.63) is 72.1 Å². The number of nitrogens with zero attached hydrogens (tertiary/aromatic N) is 2. The predicted molar refractivity (Wildman–Crippen MR) is 105 cm³/mol. The van der Waals surface area contributed by atoms with Crippen molar-refractivity contribution in [1.29, 1.82) is 0 Å². The number of hydrogen-bond donors (Lipinski definition) is 1. The van der Waals surface area contributed by atoms with Gasteiger partial charge in [0.05, 0.1) is 4.90 Å². The van der Waals surface area contributed by atoms with Crippen LogP contribution in [0, 0.1) is 13.8 Å². The van der Waals surface area contributed by atoms with E-state index in [9.17, 15) is 8.42 Å². The molecule has 0 unspecified atom stereocenters. The second-order valence-corrected chi connectivity index (χ2v) is 8.74. The van der Waals surface area contributed by atoms with Crippen molar-refractivity contribution in [2.24, 2.45) is 0 Å². The Morgan fingerprint density at radius 1 is 1.08 bits per heavy atom. The number of thioether (sulfide) groups is 1. The minimum atomic E-state index is -3.46. The van der Waals surface area contributed by atoms with Crippen LogP contribution in [0.2, 0.25) is 0 Å². The molecule has 0 fully saturated rings. The molecule has 1 heterocycles. The number of aromatic nitrogens is 2. The van der Waals surface area contributed by atoms with E-state index in [-0.39, 0.29) is 4.90 Å². The van der Waals surface area contributed by atoms with Gasteiger partial charge in [0.25, 0.3) is 0 Å². The summed E-state index contributed by atoms with van der Waals surface area (Å²) in [6.45, 7) is 4.50. The van der Waals surface area contributed by atoms with E-state index < -0.39 is 10.0 Å². The monoisotopic (exact) mass is 387 g/mol. The van der Waals surface area contributed by atoms with Crippen molar-refractivity contribution in [2.75, 3.05) is 12.3 Å². The molecule has 7 heteroatoms. The first kappa shape index (κ1) is 18.7. The van der Waals surface area contributed by atoms with E-state index in [0.29, 0.717) is 12.3 Å². The van der Waals surface area contributed by atoms with Crippen molar-refractivity contribution in [2.45, 2.75) is 23.9 Å². The second-order valence-electron chi connectivity index (χ2n) is 5.91. The lowest BCUT2D eigenvalue weighted by atomic mass is 10.1. The molecule has 136 valence electrons. The smallest absolute Gasteiger partial charge is 0.240 e. The van der Waals surface area contributed by atoms with E-state index >= 15 is 0 Å². The summed E-state index contributed by atoms with van der Waals surface area (Å²) in [4.78, 5) is 4.66. The number of sulfonamides is 1. The molecule has 0 aliphatic carbocycles. The fourth-order valence-electron chi connectivity index (χ4n) is 2.47. The SMILES string of the molecule is Cc1ccc(-n2ccnc2SCCNS(=O)(=O)c2ccccc2)cc1C. The van der Waals surface area contributed by atoms with E-state index in [4.69, 9.17) is 0 Å². The fraction of sp³-hybridized carbons (Fsp3) is 0.211. The van der Waals surface area contributed by atoms with Gasteiger partial charge in [0.1, 0.15) is 0 Å². The summed E-state index contributed by atoms with van der Waals surface area (Å²) < 4.78 is 29.1. The number of aryl methyl sites for hydroxylation is 2. The van der Waals surface area contributed by atoms with Crippen LogP contribution in [0.4, 0.5) is 0 Å². The summed E-state index contributed by atoms with van der Waals surface area (Å²) in [5.74, 6) is 0.591. The van der Waals surface area contributed by atoms with Gasteiger partial charge in [-0.25, -0.2) is 18.1 Å². The first-order valence-electron chi connectivity index (χ1n) is 8.26. The lowest BCUT2D eigenvalue weighted by molar-refractivity contribution is 0.584. The summed E-state index contributed by atoms with van der Waals surface area (Å²) in [5.41, 5.74) is 3.53. The third-order valence-electron chi connectivity index (χ3n) is 4.05. The lowest BCUT2D eigenvalue weighted by Crippen LogP contribution is -2.26. The quantitative estimate of drug-likeness (QED) is 0.497. The zero-order chi connectivity index (χ0) is 18.6. The number of imidazole rings is 1. The highest BCUT2D eigenvalue weighted by atomic mass is 32.2. The van der Waals surface area contributed by atoms with Gasteiger partial charge in [-0.3, -0.25) is 4.57 Å². The molecule has 0 saturated carbocycles. The molecule has 0 saturated heterocycles. The van der Waals surface area contributed by atoms with E-state index in [1.807, 2.05) is 10.8 Å². The highest BCUT2D eigenvalue weighted by molar-refractivity contribution is 7.99. The Labute approximate surface area is 158 Å². The van der Waals surface area contributed by atoms with Gasteiger partial charge >= 0.3 is 0 Å². The minimum absolute atomic E-state index is 0.279. The van der Waals surface area contributed by atoms with Crippen LogP contribution in [-0.2, 0) is 10.0 Å². The number of nitrogens with one attached hydrogen (secondary N) is 1. The molecule has 26 heavy (non-hydrogen) atoms. The van der Waals surface area contributed by atoms with Crippen molar-refractivity contribution >= 4 is 21.8 Å². The van der Waals surface area contributed by atoms with Crippen molar-refractivity contribution in [1.82, 2.24) is 14.3 Å². The highest BCUT2D eigenvalue weighted by Gasteiger charge is 2.13. The molecule has 3 aromatic rings. The molecule has 0 aliphatic heterocycles. The van der Waals surface area contributed by atoms with Crippen LogP contribution in [-0.4, -0.2) is 30.3 Å². The summed E-state index contributed by atoms with van der Waals surface area (Å²) >= 11 is 1.52. The molecule has 0 radical (unpaired) electrons. The molecule has 1 aromatic heterocycles. The summed E-state index contributed by atoms with van der Waals surface area (Å²) in [6.07, 6.45) is 3.67. The summed E-state index contributed by atoms with van der Waals surface area (Å²) in [6, 6.07) is 14.7. The number of hydrogen-bond acceptors (Lipinski definition) is 4. The van der Waals surface area contributed by atoms with E-state index in [2.05, 4.69) is 41.8 Å². The van der Waals surface area contributed by atoms with Gasteiger partial charge in [-0.05, 0) is 49.2 Å². The standard InChI is InChI=1S/C19H21N3O2S2/c1-15-8-9-17(14-16(15)2)22-12-10-20-19(22)25-13-11-21-26(23,24)18-6-4-3-5-7-18/h3-10,12,14,21H,11,13H2,1-2H3. The van der Waals surface area contributed by atoms with Crippen molar-refractivity contribution < 1.29 is 8.42 Å². The van der Waals surface area contributed by atoms with E-state index in [0.717, 1.165) is 10.8 Å². The van der Waals surface area contributed by atoms with Crippen LogP contribution in [0.25, 0.3) is 5.69 Å². The van der Waals surface area contributed by atoms with Gasteiger partial charge in [0, 0.05) is 30.4 Å². The van der Waals surface area contributed by atoms with Crippen LogP contribution < -0.4 is 4.72 Å². The van der Waals surface area contributed by atoms with Gasteiger partial charge in [-0.1, -0.05) is 36.0 Å². The Morgan fingerprint density at radius 3 is 2.58 bits per heavy atom. The molecule has 0 atom stereocenters. The summed E-state index contributed by atoms with van der Waals surface area (Å²) in [5, 5.41) is 0.840. The first-order valence-corrected chi connectivity index (χ1v) is 10.7. The van der Waals surface area contributed by atoms with E-state index in [1.54, 1.807) is 36.5 Å². The normalized spacial score (nSPS) is 11.6.